The van der Waals surface area contributed by atoms with Crippen LogP contribution in [0.5, 0.6) is 5.75 Å². The average molecular weight is 519 g/mol. The molecule has 2 aromatic heterocycles. The van der Waals surface area contributed by atoms with E-state index in [9.17, 15) is 4.79 Å². The molecule has 1 amide bonds. The first-order valence-corrected chi connectivity index (χ1v) is 13.9. The summed E-state index contributed by atoms with van der Waals surface area (Å²) >= 11 is 6.23. The van der Waals surface area contributed by atoms with Gasteiger partial charge in [-0.15, -0.1) is 0 Å². The summed E-state index contributed by atoms with van der Waals surface area (Å²) in [4.78, 5) is 20.2. The van der Waals surface area contributed by atoms with E-state index in [2.05, 4.69) is 21.7 Å². The number of H-pyrrole nitrogens is 1. The maximum Gasteiger partial charge on any atom is 0.223 e. The van der Waals surface area contributed by atoms with Gasteiger partial charge in [0, 0.05) is 52.0 Å². The highest BCUT2D eigenvalue weighted by Crippen LogP contribution is 2.34. The highest BCUT2D eigenvalue weighted by Gasteiger charge is 2.18. The number of fused-ring (bicyclic) bond motifs is 3. The lowest BCUT2D eigenvalue weighted by Gasteiger charge is -2.22. The second kappa shape index (κ2) is 12.3. The quantitative estimate of drug-likeness (QED) is 0.180. The molecule has 0 saturated carbocycles. The Bertz CT molecular complexity index is 1370. The van der Waals surface area contributed by atoms with Crippen LogP contribution in [0.2, 0.25) is 5.02 Å². The fourth-order valence-electron chi connectivity index (χ4n) is 5.15. The van der Waals surface area contributed by atoms with Gasteiger partial charge < -0.3 is 20.4 Å². The second-order valence-corrected chi connectivity index (χ2v) is 10.2. The number of ether oxygens (including phenoxy) is 1. The standard InChI is InChI=1S/C30H35ClN4O2/c31-21-13-14-24-27(19-21)35-26-12-6-4-10-23(26)30(24)33-17-8-2-1-7-16-32-29(36)15-18-37-28-20-34-25-11-5-3-9-22(25)28/h3,5,9,11,13-14,19-20,34H,1-2,4,6-8,10,12,15-18H2,(H,32,36)(H,33,35). The fraction of sp³-hybridized carbons (Fsp3) is 0.400. The van der Waals surface area contributed by atoms with Crippen LogP contribution in [-0.2, 0) is 17.6 Å². The highest BCUT2D eigenvalue weighted by atomic mass is 35.5. The van der Waals surface area contributed by atoms with Crippen molar-refractivity contribution in [1.82, 2.24) is 15.3 Å². The molecule has 5 rings (SSSR count). The molecule has 0 atom stereocenters. The Morgan fingerprint density at radius 1 is 1.00 bits per heavy atom. The molecule has 37 heavy (non-hydrogen) atoms. The molecular formula is C30H35ClN4O2. The van der Waals surface area contributed by atoms with Crippen molar-refractivity contribution in [3.8, 4) is 5.75 Å². The van der Waals surface area contributed by atoms with Crippen molar-refractivity contribution >= 4 is 45.0 Å². The van der Waals surface area contributed by atoms with Crippen LogP contribution >= 0.6 is 11.6 Å². The first-order chi connectivity index (χ1) is 18.2. The summed E-state index contributed by atoms with van der Waals surface area (Å²) in [6, 6.07) is 14.0. The van der Waals surface area contributed by atoms with Crippen molar-refractivity contribution in [2.45, 2.75) is 57.8 Å². The molecule has 0 unspecified atom stereocenters. The van der Waals surface area contributed by atoms with Gasteiger partial charge in [-0.1, -0.05) is 36.6 Å². The van der Waals surface area contributed by atoms with Crippen LogP contribution in [0.15, 0.2) is 48.7 Å². The van der Waals surface area contributed by atoms with E-state index in [1.807, 2.05) is 42.6 Å². The van der Waals surface area contributed by atoms with Crippen molar-refractivity contribution in [3.63, 3.8) is 0 Å². The average Bonchev–Trinajstić information content (AvgIpc) is 3.32. The number of halogens is 1. The van der Waals surface area contributed by atoms with Crippen LogP contribution in [0.25, 0.3) is 21.8 Å². The largest absolute Gasteiger partial charge is 0.491 e. The molecule has 4 aromatic rings. The smallest absolute Gasteiger partial charge is 0.223 e. The molecule has 3 N–H and O–H groups in total. The molecule has 1 aliphatic carbocycles. The molecule has 6 nitrogen and oxygen atoms in total. The van der Waals surface area contributed by atoms with E-state index < -0.39 is 0 Å². The molecule has 0 aliphatic heterocycles. The minimum Gasteiger partial charge on any atom is -0.491 e. The van der Waals surface area contributed by atoms with E-state index in [1.165, 1.54) is 35.2 Å². The number of aromatic nitrogens is 2. The van der Waals surface area contributed by atoms with E-state index in [1.54, 1.807) is 0 Å². The number of aryl methyl sites for hydroxylation is 1. The van der Waals surface area contributed by atoms with Crippen LogP contribution in [0.3, 0.4) is 0 Å². The lowest BCUT2D eigenvalue weighted by molar-refractivity contribution is -0.121. The zero-order chi connectivity index (χ0) is 25.5. The predicted molar refractivity (Wildman–Crippen MR) is 152 cm³/mol. The maximum atomic E-state index is 12.2. The van der Waals surface area contributed by atoms with E-state index in [0.717, 1.165) is 72.3 Å². The molecule has 1 aliphatic rings. The van der Waals surface area contributed by atoms with Gasteiger partial charge in [0.25, 0.3) is 0 Å². The van der Waals surface area contributed by atoms with Crippen molar-refractivity contribution in [1.29, 1.82) is 0 Å². The Hall–Kier alpha value is -3.25. The first-order valence-electron chi connectivity index (χ1n) is 13.5. The number of amides is 1. The SMILES string of the molecule is O=C(CCOc1c[nH]c2ccccc12)NCCCCCCNc1c2c(nc3cc(Cl)ccc13)CCCC2. The summed E-state index contributed by atoms with van der Waals surface area (Å²) in [5.41, 5.74) is 5.89. The lowest BCUT2D eigenvalue weighted by atomic mass is 9.92. The van der Waals surface area contributed by atoms with Crippen LogP contribution in [0.4, 0.5) is 5.69 Å². The highest BCUT2D eigenvalue weighted by molar-refractivity contribution is 6.31. The fourth-order valence-corrected chi connectivity index (χ4v) is 5.32. The topological polar surface area (TPSA) is 79.0 Å². The van der Waals surface area contributed by atoms with Crippen LogP contribution in [-0.4, -0.2) is 35.6 Å². The Labute approximate surface area is 223 Å². The minimum atomic E-state index is 0.0379. The number of rotatable bonds is 12. The van der Waals surface area contributed by atoms with Crippen molar-refractivity contribution in [2.24, 2.45) is 0 Å². The summed E-state index contributed by atoms with van der Waals surface area (Å²) in [7, 11) is 0. The van der Waals surface area contributed by atoms with Crippen molar-refractivity contribution in [3.05, 3.63) is 64.9 Å². The molecule has 2 heterocycles. The van der Waals surface area contributed by atoms with Crippen LogP contribution < -0.4 is 15.4 Å². The van der Waals surface area contributed by atoms with Crippen molar-refractivity contribution in [2.75, 3.05) is 25.0 Å². The van der Waals surface area contributed by atoms with Gasteiger partial charge in [0.2, 0.25) is 5.91 Å². The summed E-state index contributed by atoms with van der Waals surface area (Å²) in [5, 5.41) is 9.68. The lowest BCUT2D eigenvalue weighted by Crippen LogP contribution is -2.25. The van der Waals surface area contributed by atoms with E-state index in [-0.39, 0.29) is 5.91 Å². The summed E-state index contributed by atoms with van der Waals surface area (Å²) in [5.74, 6) is 0.831. The van der Waals surface area contributed by atoms with Gasteiger partial charge in [-0.3, -0.25) is 9.78 Å². The number of hydrogen-bond donors (Lipinski definition) is 3. The zero-order valence-corrected chi connectivity index (χ0v) is 22.0. The van der Waals surface area contributed by atoms with Crippen LogP contribution in [0.1, 0.15) is 56.2 Å². The second-order valence-electron chi connectivity index (χ2n) is 9.77. The molecule has 0 spiro atoms. The minimum absolute atomic E-state index is 0.0379. The summed E-state index contributed by atoms with van der Waals surface area (Å²) in [6.45, 7) is 2.02. The molecule has 0 radical (unpaired) electrons. The number of carbonyl (C=O) groups excluding carboxylic acids is 1. The molecule has 7 heteroatoms. The number of nitrogens with zero attached hydrogens (tertiary/aromatic N) is 1. The van der Waals surface area contributed by atoms with Gasteiger partial charge >= 0.3 is 0 Å². The number of para-hydroxylation sites is 1. The van der Waals surface area contributed by atoms with Gasteiger partial charge in [-0.05, 0) is 74.4 Å². The molecule has 194 valence electrons. The predicted octanol–water partition coefficient (Wildman–Crippen LogP) is 6.81. The zero-order valence-electron chi connectivity index (χ0n) is 21.2. The van der Waals surface area contributed by atoms with Gasteiger partial charge in [0.15, 0.2) is 0 Å². The summed E-state index contributed by atoms with van der Waals surface area (Å²) in [6.07, 6.45) is 11.1. The normalized spacial score (nSPS) is 13.0. The molecule has 0 fully saturated rings. The number of hydrogen-bond acceptors (Lipinski definition) is 4. The van der Waals surface area contributed by atoms with E-state index in [4.69, 9.17) is 21.3 Å². The van der Waals surface area contributed by atoms with Crippen LogP contribution in [0, 0.1) is 0 Å². The maximum absolute atomic E-state index is 12.2. The third-order valence-corrected chi connectivity index (χ3v) is 7.33. The van der Waals surface area contributed by atoms with Gasteiger partial charge in [-0.2, -0.15) is 0 Å². The number of pyridine rings is 1. The number of anilines is 1. The summed E-state index contributed by atoms with van der Waals surface area (Å²) < 4.78 is 5.80. The van der Waals surface area contributed by atoms with Gasteiger partial charge in [0.1, 0.15) is 5.75 Å². The molecule has 0 bridgehead atoms. The monoisotopic (exact) mass is 518 g/mol. The van der Waals surface area contributed by atoms with Crippen molar-refractivity contribution < 1.29 is 9.53 Å². The van der Waals surface area contributed by atoms with Gasteiger partial charge in [0.05, 0.1) is 18.5 Å². The molecule has 2 aromatic carbocycles. The Morgan fingerprint density at radius 2 is 1.84 bits per heavy atom. The molecule has 0 saturated heterocycles. The number of carbonyl (C=O) groups is 1. The van der Waals surface area contributed by atoms with Gasteiger partial charge in [-0.25, -0.2) is 0 Å². The molecular weight excluding hydrogens is 484 g/mol. The third-order valence-electron chi connectivity index (χ3n) is 7.09. The Balaban J connectivity index is 0.986. The third kappa shape index (κ3) is 6.37. The Morgan fingerprint density at radius 3 is 2.76 bits per heavy atom. The first kappa shape index (κ1) is 25.4. The number of nitrogens with one attached hydrogen (secondary N) is 3. The van der Waals surface area contributed by atoms with E-state index >= 15 is 0 Å². The van der Waals surface area contributed by atoms with E-state index in [0.29, 0.717) is 19.6 Å². The number of benzene rings is 2. The number of aromatic amines is 1. The Kier molecular flexibility index (Phi) is 8.46. The number of unbranched alkanes of at least 4 members (excludes halogenated alkanes) is 3.